The van der Waals surface area contributed by atoms with Crippen molar-refractivity contribution >= 4 is 34.3 Å². The summed E-state index contributed by atoms with van der Waals surface area (Å²) in [6.07, 6.45) is 1.56. The van der Waals surface area contributed by atoms with Crippen LogP contribution in [0, 0.1) is 0 Å². The van der Waals surface area contributed by atoms with Crippen LogP contribution in [0.15, 0.2) is 24.4 Å². The third kappa shape index (κ3) is 2.63. The third-order valence-corrected chi connectivity index (χ3v) is 3.01. The molecular weight excluding hydrogens is 264 g/mol. The van der Waals surface area contributed by atoms with Crippen LogP contribution in [0.4, 0.5) is 0 Å². The fourth-order valence-corrected chi connectivity index (χ4v) is 2.15. The molecule has 0 aliphatic heterocycles. The van der Waals surface area contributed by atoms with Crippen molar-refractivity contribution in [3.05, 3.63) is 35.0 Å². The van der Waals surface area contributed by atoms with Gasteiger partial charge in [-0.2, -0.15) is 0 Å². The van der Waals surface area contributed by atoms with E-state index in [0.29, 0.717) is 16.1 Å². The summed E-state index contributed by atoms with van der Waals surface area (Å²) in [6, 6.07) is 5.19. The second-order valence-electron chi connectivity index (χ2n) is 4.72. The molecule has 0 bridgehead atoms. The average molecular weight is 279 g/mol. The monoisotopic (exact) mass is 278 g/mol. The number of nitrogens with zero attached hydrogens (tertiary/aromatic N) is 1. The van der Waals surface area contributed by atoms with Crippen molar-refractivity contribution in [2.75, 3.05) is 0 Å². The fraction of sp³-hybridized carbons (Fsp3) is 0.286. The van der Waals surface area contributed by atoms with Crippen LogP contribution >= 0.6 is 11.6 Å². The van der Waals surface area contributed by atoms with Gasteiger partial charge in [-0.3, -0.25) is 14.2 Å². The van der Waals surface area contributed by atoms with Gasteiger partial charge in [-0.1, -0.05) is 17.7 Å². The maximum Gasteiger partial charge on any atom is 0.253 e. The summed E-state index contributed by atoms with van der Waals surface area (Å²) >= 11 is 5.94. The molecule has 1 aromatic heterocycles. The van der Waals surface area contributed by atoms with E-state index in [9.17, 15) is 9.59 Å². The number of halogens is 1. The van der Waals surface area contributed by atoms with Gasteiger partial charge >= 0.3 is 0 Å². The molecule has 1 aromatic carbocycles. The molecule has 0 aliphatic carbocycles. The zero-order valence-corrected chi connectivity index (χ0v) is 11.8. The summed E-state index contributed by atoms with van der Waals surface area (Å²) in [5.74, 6) is -0.349. The van der Waals surface area contributed by atoms with E-state index < -0.39 is 0 Å². The van der Waals surface area contributed by atoms with Crippen molar-refractivity contribution in [1.29, 1.82) is 0 Å². The number of carbonyl (C=O) groups excluding carboxylic acids is 2. The molecule has 0 saturated carbocycles. The van der Waals surface area contributed by atoms with Gasteiger partial charge in [0, 0.05) is 29.6 Å². The molecule has 0 radical (unpaired) electrons. The lowest BCUT2D eigenvalue weighted by atomic mass is 10.1. The fourth-order valence-electron chi connectivity index (χ4n) is 1.98. The van der Waals surface area contributed by atoms with Crippen LogP contribution in [0.1, 0.15) is 35.9 Å². The summed E-state index contributed by atoms with van der Waals surface area (Å²) < 4.78 is 1.44. The molecule has 0 spiro atoms. The first-order chi connectivity index (χ1) is 8.90. The lowest BCUT2D eigenvalue weighted by Gasteiger charge is -2.06. The van der Waals surface area contributed by atoms with Crippen molar-refractivity contribution in [1.82, 2.24) is 9.88 Å². The topological polar surface area (TPSA) is 51.1 Å². The molecule has 2 rings (SSSR count). The van der Waals surface area contributed by atoms with Crippen LogP contribution in [0.25, 0.3) is 10.9 Å². The van der Waals surface area contributed by atoms with Crippen LogP contribution < -0.4 is 5.32 Å². The summed E-state index contributed by atoms with van der Waals surface area (Å²) in [7, 11) is 0. The number of nitrogens with one attached hydrogen (secondary N) is 1. The number of amides is 1. The number of benzene rings is 1. The summed E-state index contributed by atoms with van der Waals surface area (Å²) in [6.45, 7) is 5.22. The number of fused-ring (bicyclic) bond motifs is 1. The highest BCUT2D eigenvalue weighted by molar-refractivity contribution is 6.31. The molecule has 4 nitrogen and oxygen atoms in total. The molecule has 5 heteroatoms. The minimum absolute atomic E-state index is 0.0375. The lowest BCUT2D eigenvalue weighted by molar-refractivity contribution is 0.0941. The predicted octanol–water partition coefficient (Wildman–Crippen LogP) is 3.09. The van der Waals surface area contributed by atoms with Crippen LogP contribution in [0.3, 0.4) is 0 Å². The number of hydrogen-bond donors (Lipinski definition) is 1. The molecule has 19 heavy (non-hydrogen) atoms. The van der Waals surface area contributed by atoms with E-state index >= 15 is 0 Å². The second-order valence-corrected chi connectivity index (χ2v) is 5.16. The summed E-state index contributed by atoms with van der Waals surface area (Å²) in [4.78, 5) is 23.7. The van der Waals surface area contributed by atoms with Crippen molar-refractivity contribution in [2.24, 2.45) is 0 Å². The van der Waals surface area contributed by atoms with Crippen LogP contribution in [0.2, 0.25) is 5.02 Å². The molecule has 0 atom stereocenters. The highest BCUT2D eigenvalue weighted by Gasteiger charge is 2.17. The van der Waals surface area contributed by atoms with E-state index in [-0.39, 0.29) is 17.9 Å². The van der Waals surface area contributed by atoms with E-state index in [1.54, 1.807) is 24.4 Å². The second kappa shape index (κ2) is 5.05. The number of hydrogen-bond acceptors (Lipinski definition) is 2. The molecule has 1 N–H and O–H groups in total. The Morgan fingerprint density at radius 2 is 2.00 bits per heavy atom. The van der Waals surface area contributed by atoms with Crippen LogP contribution in [-0.2, 0) is 0 Å². The quantitative estimate of drug-likeness (QED) is 0.918. The standard InChI is InChI=1S/C14H15ClN2O2/c1-8(2)16-14(19)12-7-17(9(3)18)13-6-10(15)4-5-11(12)13/h4-8H,1-3H3,(H,16,19). The molecular formula is C14H15ClN2O2. The first-order valence-electron chi connectivity index (χ1n) is 6.02. The van der Waals surface area contributed by atoms with Crippen molar-refractivity contribution < 1.29 is 9.59 Å². The summed E-state index contributed by atoms with van der Waals surface area (Å²) in [5, 5.41) is 4.07. The Balaban J connectivity index is 2.62. The minimum atomic E-state index is -0.192. The zero-order chi connectivity index (χ0) is 14.2. The molecule has 0 saturated heterocycles. The van der Waals surface area contributed by atoms with E-state index in [1.807, 2.05) is 13.8 Å². The Hall–Kier alpha value is -1.81. The Morgan fingerprint density at radius 1 is 1.32 bits per heavy atom. The largest absolute Gasteiger partial charge is 0.350 e. The van der Waals surface area contributed by atoms with Crippen LogP contribution in [-0.4, -0.2) is 22.4 Å². The lowest BCUT2D eigenvalue weighted by Crippen LogP contribution is -2.29. The first-order valence-corrected chi connectivity index (χ1v) is 6.40. The molecule has 1 heterocycles. The number of rotatable bonds is 2. The first kappa shape index (κ1) is 13.6. The molecule has 100 valence electrons. The maximum absolute atomic E-state index is 12.1. The SMILES string of the molecule is CC(=O)n1cc(C(=O)NC(C)C)c2ccc(Cl)cc21. The van der Waals surface area contributed by atoms with E-state index in [1.165, 1.54) is 11.5 Å². The average Bonchev–Trinajstić information content (AvgIpc) is 2.66. The maximum atomic E-state index is 12.1. The number of aromatic nitrogens is 1. The van der Waals surface area contributed by atoms with Gasteiger partial charge in [0.05, 0.1) is 11.1 Å². The highest BCUT2D eigenvalue weighted by Crippen LogP contribution is 2.25. The normalized spacial score (nSPS) is 11.0. The summed E-state index contributed by atoms with van der Waals surface area (Å²) in [5.41, 5.74) is 1.13. The van der Waals surface area contributed by atoms with Gasteiger partial charge < -0.3 is 5.32 Å². The minimum Gasteiger partial charge on any atom is -0.350 e. The zero-order valence-electron chi connectivity index (χ0n) is 11.0. The molecule has 1 amide bonds. The van der Waals surface area contributed by atoms with E-state index in [0.717, 1.165) is 5.39 Å². The van der Waals surface area contributed by atoms with Crippen molar-refractivity contribution in [2.45, 2.75) is 26.8 Å². The van der Waals surface area contributed by atoms with Gasteiger partial charge in [-0.05, 0) is 26.0 Å². The van der Waals surface area contributed by atoms with Gasteiger partial charge in [0.1, 0.15) is 0 Å². The Kier molecular flexibility index (Phi) is 3.62. The highest BCUT2D eigenvalue weighted by atomic mass is 35.5. The van der Waals surface area contributed by atoms with E-state index in [2.05, 4.69) is 5.32 Å². The third-order valence-electron chi connectivity index (χ3n) is 2.77. The Bertz CT molecular complexity index is 659. The molecule has 0 aliphatic rings. The Morgan fingerprint density at radius 3 is 2.58 bits per heavy atom. The van der Waals surface area contributed by atoms with Crippen molar-refractivity contribution in [3.8, 4) is 0 Å². The Labute approximate surface area is 116 Å². The van der Waals surface area contributed by atoms with Gasteiger partial charge in [-0.15, -0.1) is 0 Å². The smallest absolute Gasteiger partial charge is 0.253 e. The molecule has 0 unspecified atom stereocenters. The van der Waals surface area contributed by atoms with E-state index in [4.69, 9.17) is 11.6 Å². The van der Waals surface area contributed by atoms with Gasteiger partial charge in [0.15, 0.2) is 0 Å². The van der Waals surface area contributed by atoms with Crippen LogP contribution in [0.5, 0.6) is 0 Å². The predicted molar refractivity (Wildman–Crippen MR) is 75.9 cm³/mol. The molecule has 0 fully saturated rings. The van der Waals surface area contributed by atoms with Gasteiger partial charge in [-0.25, -0.2) is 0 Å². The van der Waals surface area contributed by atoms with Gasteiger partial charge in [0.2, 0.25) is 5.91 Å². The van der Waals surface area contributed by atoms with Crippen molar-refractivity contribution in [3.63, 3.8) is 0 Å². The number of carbonyl (C=O) groups is 2. The van der Waals surface area contributed by atoms with Gasteiger partial charge in [0.25, 0.3) is 5.91 Å². The molecule has 2 aromatic rings.